The third-order valence-electron chi connectivity index (χ3n) is 7.40. The van der Waals surface area contributed by atoms with Crippen LogP contribution in [0.2, 0.25) is 0 Å². The SMILES string of the molecule is COC[C@@H]1CCCN1C[C@@H]1C[C@H](c2ccc(CO)cc2)O[C@H](c2cccc(NC(=O)CCCCC(=O)O)c2)O1. The average molecular weight is 541 g/mol. The van der Waals surface area contributed by atoms with E-state index in [-0.39, 0.29) is 37.6 Å². The minimum atomic E-state index is -0.851. The molecule has 4 atom stereocenters. The Bertz CT molecular complexity index is 1080. The predicted molar refractivity (Wildman–Crippen MR) is 146 cm³/mol. The van der Waals surface area contributed by atoms with Crippen LogP contribution in [-0.2, 0) is 30.4 Å². The Balaban J connectivity index is 1.46. The van der Waals surface area contributed by atoms with Crippen LogP contribution in [0.15, 0.2) is 48.5 Å². The lowest BCUT2D eigenvalue weighted by molar-refractivity contribution is -0.253. The molecule has 2 aromatic rings. The van der Waals surface area contributed by atoms with Crippen molar-refractivity contribution in [1.29, 1.82) is 0 Å². The molecule has 3 N–H and O–H groups in total. The zero-order valence-corrected chi connectivity index (χ0v) is 22.6. The summed E-state index contributed by atoms with van der Waals surface area (Å²) in [6.45, 7) is 2.50. The Morgan fingerprint density at radius 3 is 2.62 bits per heavy atom. The Morgan fingerprint density at radius 1 is 1.08 bits per heavy atom. The predicted octanol–water partition coefficient (Wildman–Crippen LogP) is 4.42. The molecule has 39 heavy (non-hydrogen) atoms. The van der Waals surface area contributed by atoms with Gasteiger partial charge in [0.05, 0.1) is 25.4 Å². The van der Waals surface area contributed by atoms with Gasteiger partial charge in [0.25, 0.3) is 0 Å². The molecule has 0 spiro atoms. The first-order chi connectivity index (χ1) is 18.9. The number of carbonyl (C=O) groups excluding carboxylic acids is 1. The van der Waals surface area contributed by atoms with Crippen LogP contribution >= 0.6 is 0 Å². The number of nitrogens with one attached hydrogen (secondary N) is 1. The second kappa shape index (κ2) is 14.5. The second-order valence-corrected chi connectivity index (χ2v) is 10.4. The number of aliphatic hydroxyl groups is 1. The fourth-order valence-electron chi connectivity index (χ4n) is 5.36. The first-order valence-corrected chi connectivity index (χ1v) is 13.8. The van der Waals surface area contributed by atoms with Gasteiger partial charge in [-0.15, -0.1) is 0 Å². The van der Waals surface area contributed by atoms with Gasteiger partial charge in [-0.3, -0.25) is 14.5 Å². The molecule has 2 aromatic carbocycles. The molecule has 4 rings (SSSR count). The van der Waals surface area contributed by atoms with Crippen LogP contribution in [-0.4, -0.2) is 65.9 Å². The van der Waals surface area contributed by atoms with Crippen LogP contribution < -0.4 is 5.32 Å². The van der Waals surface area contributed by atoms with Gasteiger partial charge in [-0.05, 0) is 55.5 Å². The van der Waals surface area contributed by atoms with E-state index in [0.717, 1.165) is 42.6 Å². The van der Waals surface area contributed by atoms with Crippen LogP contribution in [0, 0.1) is 0 Å². The molecule has 212 valence electrons. The van der Waals surface area contributed by atoms with E-state index >= 15 is 0 Å². The monoisotopic (exact) mass is 540 g/mol. The Hall–Kier alpha value is -2.82. The van der Waals surface area contributed by atoms with Crippen molar-refractivity contribution >= 4 is 17.6 Å². The van der Waals surface area contributed by atoms with Crippen LogP contribution in [0.3, 0.4) is 0 Å². The molecule has 2 aliphatic heterocycles. The van der Waals surface area contributed by atoms with Crippen LogP contribution in [0.25, 0.3) is 0 Å². The molecule has 2 fully saturated rings. The van der Waals surface area contributed by atoms with Crippen molar-refractivity contribution in [2.45, 2.75) is 76.1 Å². The summed E-state index contributed by atoms with van der Waals surface area (Å²) >= 11 is 0. The lowest BCUT2D eigenvalue weighted by Gasteiger charge is -2.39. The van der Waals surface area contributed by atoms with Crippen LogP contribution in [0.5, 0.6) is 0 Å². The fraction of sp³-hybridized carbons (Fsp3) is 0.533. The molecule has 0 saturated carbocycles. The van der Waals surface area contributed by atoms with Gasteiger partial charge in [-0.2, -0.15) is 0 Å². The van der Waals surface area contributed by atoms with Crippen molar-refractivity contribution in [3.05, 3.63) is 65.2 Å². The maximum atomic E-state index is 12.4. The lowest BCUT2D eigenvalue weighted by atomic mass is 9.99. The van der Waals surface area contributed by atoms with E-state index in [0.29, 0.717) is 37.6 Å². The van der Waals surface area contributed by atoms with E-state index in [9.17, 15) is 14.7 Å². The number of carboxylic acids is 1. The number of benzene rings is 2. The summed E-state index contributed by atoms with van der Waals surface area (Å²) in [6.07, 6.45) is 3.43. The Morgan fingerprint density at radius 2 is 1.87 bits per heavy atom. The maximum absolute atomic E-state index is 12.4. The average Bonchev–Trinajstić information content (AvgIpc) is 3.37. The number of carboxylic acid groups (broad SMARTS) is 1. The highest BCUT2D eigenvalue weighted by Gasteiger charge is 2.35. The topological polar surface area (TPSA) is 118 Å². The number of rotatable bonds is 13. The number of hydrogen-bond acceptors (Lipinski definition) is 7. The second-order valence-electron chi connectivity index (χ2n) is 10.4. The van der Waals surface area contributed by atoms with Gasteiger partial charge in [-0.25, -0.2) is 0 Å². The Labute approximate surface area is 230 Å². The summed E-state index contributed by atoms with van der Waals surface area (Å²) in [7, 11) is 1.74. The molecule has 0 aromatic heterocycles. The molecule has 1 amide bonds. The van der Waals surface area contributed by atoms with Gasteiger partial charge >= 0.3 is 5.97 Å². The van der Waals surface area contributed by atoms with Crippen molar-refractivity contribution in [3.63, 3.8) is 0 Å². The zero-order chi connectivity index (χ0) is 27.6. The number of carbonyl (C=O) groups is 2. The summed E-state index contributed by atoms with van der Waals surface area (Å²) in [6, 6.07) is 15.7. The number of likely N-dealkylation sites (tertiary alicyclic amines) is 1. The number of ether oxygens (including phenoxy) is 3. The van der Waals surface area contributed by atoms with E-state index in [1.54, 1.807) is 7.11 Å². The molecular weight excluding hydrogens is 500 g/mol. The van der Waals surface area contributed by atoms with Crippen molar-refractivity contribution in [1.82, 2.24) is 4.90 Å². The van der Waals surface area contributed by atoms with Gasteiger partial charge in [0.2, 0.25) is 5.91 Å². The number of unbranched alkanes of at least 4 members (excludes halogenated alkanes) is 1. The number of anilines is 1. The maximum Gasteiger partial charge on any atom is 0.303 e. The van der Waals surface area contributed by atoms with Gasteiger partial charge < -0.3 is 29.7 Å². The van der Waals surface area contributed by atoms with Crippen LogP contribution in [0.1, 0.15) is 74.0 Å². The highest BCUT2D eigenvalue weighted by molar-refractivity contribution is 5.90. The number of aliphatic carboxylic acids is 1. The molecule has 0 unspecified atom stereocenters. The lowest BCUT2D eigenvalue weighted by Crippen LogP contribution is -2.42. The summed E-state index contributed by atoms with van der Waals surface area (Å²) < 4.78 is 18.4. The third-order valence-corrected chi connectivity index (χ3v) is 7.40. The number of nitrogens with zero attached hydrogens (tertiary/aromatic N) is 1. The van der Waals surface area contributed by atoms with Crippen molar-refractivity contribution < 1.29 is 34.0 Å². The highest BCUT2D eigenvalue weighted by atomic mass is 16.7. The van der Waals surface area contributed by atoms with E-state index < -0.39 is 12.3 Å². The minimum absolute atomic E-state index is 0.00587. The van der Waals surface area contributed by atoms with E-state index in [1.165, 1.54) is 0 Å². The van der Waals surface area contributed by atoms with Crippen molar-refractivity contribution in [3.8, 4) is 0 Å². The third kappa shape index (κ3) is 8.58. The summed E-state index contributed by atoms with van der Waals surface area (Å²) in [5, 5.41) is 21.1. The Kier molecular flexibility index (Phi) is 10.9. The van der Waals surface area contributed by atoms with Gasteiger partial charge in [-0.1, -0.05) is 36.4 Å². The molecule has 9 nitrogen and oxygen atoms in total. The molecule has 2 heterocycles. The van der Waals surface area contributed by atoms with E-state index in [2.05, 4.69) is 10.2 Å². The van der Waals surface area contributed by atoms with Crippen molar-refractivity contribution in [2.24, 2.45) is 0 Å². The molecular formula is C30H40N2O7. The molecule has 0 aliphatic carbocycles. The molecule has 9 heteroatoms. The first kappa shape index (κ1) is 29.2. The fourth-order valence-corrected chi connectivity index (χ4v) is 5.36. The summed E-state index contributed by atoms with van der Waals surface area (Å²) in [5.74, 6) is -1.00. The minimum Gasteiger partial charge on any atom is -0.481 e. The summed E-state index contributed by atoms with van der Waals surface area (Å²) in [5.41, 5.74) is 3.35. The smallest absolute Gasteiger partial charge is 0.303 e. The van der Waals surface area contributed by atoms with Crippen molar-refractivity contribution in [2.75, 3.05) is 32.1 Å². The number of hydrogen-bond donors (Lipinski definition) is 3. The number of amides is 1. The molecule has 0 bridgehead atoms. The molecule has 0 radical (unpaired) electrons. The zero-order valence-electron chi connectivity index (χ0n) is 22.6. The summed E-state index contributed by atoms with van der Waals surface area (Å²) in [4.78, 5) is 25.5. The highest BCUT2D eigenvalue weighted by Crippen LogP contribution is 2.39. The van der Waals surface area contributed by atoms with E-state index in [4.69, 9.17) is 19.3 Å². The largest absolute Gasteiger partial charge is 0.481 e. The number of aliphatic hydroxyl groups excluding tert-OH is 1. The normalized spacial score (nSPS) is 23.5. The first-order valence-electron chi connectivity index (χ1n) is 13.8. The molecule has 2 aliphatic rings. The van der Waals surface area contributed by atoms with Gasteiger partial charge in [0, 0.05) is 50.2 Å². The number of methoxy groups -OCH3 is 1. The molecule has 2 saturated heterocycles. The standard InChI is InChI=1S/C30H40N2O7/c1-37-20-25-8-5-15-32(25)18-26-17-27(22-13-11-21(19-33)12-14-22)39-30(38-26)23-6-4-7-24(16-23)31-28(34)9-2-3-10-29(35)36/h4,6-7,11-14,16,25-27,30,33H,2-3,5,8-10,15,17-20H2,1H3,(H,31,34)(H,35,36)/t25-,26-,27+,30+/m0/s1. The quantitative estimate of drug-likeness (QED) is 0.320. The van der Waals surface area contributed by atoms with Crippen LogP contribution in [0.4, 0.5) is 5.69 Å². The van der Waals surface area contributed by atoms with E-state index in [1.807, 2.05) is 48.5 Å². The van der Waals surface area contributed by atoms with Gasteiger partial charge in [0.1, 0.15) is 0 Å². The van der Waals surface area contributed by atoms with Gasteiger partial charge in [0.15, 0.2) is 6.29 Å².